The van der Waals surface area contributed by atoms with Gasteiger partial charge in [0.15, 0.2) is 0 Å². The van der Waals surface area contributed by atoms with Crippen molar-refractivity contribution in [2.45, 2.75) is 20.0 Å². The molecular weight excluding hydrogens is 281 g/mol. The number of alkyl halides is 3. The predicted molar refractivity (Wildman–Crippen MR) is 75.7 cm³/mol. The molecule has 2 rings (SSSR count). The highest BCUT2D eigenvalue weighted by Crippen LogP contribution is 2.32. The molecule has 1 heterocycles. The molecule has 0 atom stereocenters. The second-order valence-electron chi connectivity index (χ2n) is 4.45. The normalized spacial score (nSPS) is 11.3. The van der Waals surface area contributed by atoms with E-state index < -0.39 is 11.7 Å². The summed E-state index contributed by atoms with van der Waals surface area (Å²) < 4.78 is 38.2. The zero-order chi connectivity index (χ0) is 15.5. The first-order valence-corrected chi connectivity index (χ1v) is 6.42. The third kappa shape index (κ3) is 3.84. The Morgan fingerprint density at radius 1 is 1.19 bits per heavy atom. The predicted octanol–water partition coefficient (Wildman–Crippen LogP) is 3.98. The van der Waals surface area contributed by atoms with Gasteiger partial charge in [0.2, 0.25) is 5.95 Å². The Bertz CT molecular complexity index is 626. The number of aryl methyl sites for hydroxylation is 1. The molecule has 2 aromatic rings. The first kappa shape index (κ1) is 15.1. The number of rotatable bonds is 4. The van der Waals surface area contributed by atoms with Gasteiger partial charge in [-0.05, 0) is 37.6 Å². The quantitative estimate of drug-likeness (QED) is 0.896. The Kier molecular flexibility index (Phi) is 4.30. The third-order valence-electron chi connectivity index (χ3n) is 2.82. The van der Waals surface area contributed by atoms with Gasteiger partial charge in [-0.2, -0.15) is 18.2 Å². The maximum atomic E-state index is 12.7. The molecule has 0 fully saturated rings. The van der Waals surface area contributed by atoms with E-state index in [1.807, 2.05) is 6.92 Å². The van der Waals surface area contributed by atoms with Crippen LogP contribution in [0.5, 0.6) is 0 Å². The summed E-state index contributed by atoms with van der Waals surface area (Å²) in [6.07, 6.45) is -2.83. The van der Waals surface area contributed by atoms with E-state index in [2.05, 4.69) is 20.6 Å². The number of halogens is 3. The average molecular weight is 296 g/mol. The summed E-state index contributed by atoms with van der Waals surface area (Å²) in [5.74, 6) is 0.857. The van der Waals surface area contributed by atoms with Crippen LogP contribution in [0.15, 0.2) is 30.5 Å². The largest absolute Gasteiger partial charge is 0.416 e. The van der Waals surface area contributed by atoms with Crippen molar-refractivity contribution in [2.24, 2.45) is 0 Å². The fourth-order valence-corrected chi connectivity index (χ4v) is 1.74. The van der Waals surface area contributed by atoms with Crippen LogP contribution in [0.3, 0.4) is 0 Å². The van der Waals surface area contributed by atoms with Gasteiger partial charge in [-0.25, -0.2) is 4.98 Å². The Morgan fingerprint density at radius 3 is 2.62 bits per heavy atom. The summed E-state index contributed by atoms with van der Waals surface area (Å²) in [4.78, 5) is 8.18. The SMILES string of the molecule is CCNc1nccc(Nc2cc(C(F)(F)F)ccc2C)n1. The summed E-state index contributed by atoms with van der Waals surface area (Å²) in [5, 5.41) is 5.83. The molecule has 0 aliphatic rings. The molecule has 0 aliphatic heterocycles. The van der Waals surface area contributed by atoms with Crippen LogP contribution in [-0.2, 0) is 6.18 Å². The maximum absolute atomic E-state index is 12.7. The number of hydrogen-bond acceptors (Lipinski definition) is 4. The van der Waals surface area contributed by atoms with E-state index >= 15 is 0 Å². The van der Waals surface area contributed by atoms with Crippen LogP contribution in [0.25, 0.3) is 0 Å². The van der Waals surface area contributed by atoms with Gasteiger partial charge >= 0.3 is 6.18 Å². The monoisotopic (exact) mass is 296 g/mol. The number of aromatic nitrogens is 2. The van der Waals surface area contributed by atoms with Crippen molar-refractivity contribution in [3.63, 3.8) is 0 Å². The van der Waals surface area contributed by atoms with Gasteiger partial charge in [-0.1, -0.05) is 6.07 Å². The van der Waals surface area contributed by atoms with Gasteiger partial charge in [0.05, 0.1) is 5.56 Å². The molecule has 4 nitrogen and oxygen atoms in total. The maximum Gasteiger partial charge on any atom is 0.416 e. The van der Waals surface area contributed by atoms with E-state index in [9.17, 15) is 13.2 Å². The summed E-state index contributed by atoms with van der Waals surface area (Å²) in [5.41, 5.74) is 0.370. The van der Waals surface area contributed by atoms with Gasteiger partial charge in [-0.3, -0.25) is 0 Å². The molecule has 7 heteroatoms. The molecule has 1 aromatic heterocycles. The average Bonchev–Trinajstić information content (AvgIpc) is 2.41. The number of nitrogens with one attached hydrogen (secondary N) is 2. The van der Waals surface area contributed by atoms with Crippen molar-refractivity contribution in [1.29, 1.82) is 0 Å². The highest BCUT2D eigenvalue weighted by molar-refractivity contribution is 5.62. The van der Waals surface area contributed by atoms with Crippen LogP contribution in [-0.4, -0.2) is 16.5 Å². The molecular formula is C14H15F3N4. The highest BCUT2D eigenvalue weighted by Gasteiger charge is 2.30. The van der Waals surface area contributed by atoms with E-state index in [0.717, 1.165) is 12.1 Å². The topological polar surface area (TPSA) is 49.8 Å². The molecule has 0 aliphatic carbocycles. The summed E-state index contributed by atoms with van der Waals surface area (Å²) in [7, 11) is 0. The van der Waals surface area contributed by atoms with Crippen LogP contribution in [0, 0.1) is 6.92 Å². The smallest absolute Gasteiger partial charge is 0.354 e. The van der Waals surface area contributed by atoms with Crippen LogP contribution >= 0.6 is 0 Å². The number of anilines is 3. The van der Waals surface area contributed by atoms with E-state index in [4.69, 9.17) is 0 Å². The molecule has 0 radical (unpaired) electrons. The van der Waals surface area contributed by atoms with Crippen molar-refractivity contribution in [1.82, 2.24) is 9.97 Å². The van der Waals surface area contributed by atoms with Crippen LogP contribution in [0.2, 0.25) is 0 Å². The zero-order valence-corrected chi connectivity index (χ0v) is 11.6. The van der Waals surface area contributed by atoms with Crippen molar-refractivity contribution < 1.29 is 13.2 Å². The van der Waals surface area contributed by atoms with Gasteiger partial charge in [0.1, 0.15) is 5.82 Å². The number of nitrogens with zero attached hydrogens (tertiary/aromatic N) is 2. The second-order valence-corrected chi connectivity index (χ2v) is 4.45. The van der Waals surface area contributed by atoms with Gasteiger partial charge in [0.25, 0.3) is 0 Å². The molecule has 0 unspecified atom stereocenters. The van der Waals surface area contributed by atoms with Gasteiger partial charge in [0, 0.05) is 18.4 Å². The van der Waals surface area contributed by atoms with Crippen molar-refractivity contribution >= 4 is 17.5 Å². The molecule has 112 valence electrons. The van der Waals surface area contributed by atoms with Crippen molar-refractivity contribution in [2.75, 3.05) is 17.2 Å². The fourth-order valence-electron chi connectivity index (χ4n) is 1.74. The molecule has 0 saturated carbocycles. The third-order valence-corrected chi connectivity index (χ3v) is 2.82. The van der Waals surface area contributed by atoms with Crippen LogP contribution < -0.4 is 10.6 Å². The molecule has 21 heavy (non-hydrogen) atoms. The summed E-state index contributed by atoms with van der Waals surface area (Å²) in [6.45, 7) is 4.29. The van der Waals surface area contributed by atoms with Crippen LogP contribution in [0.1, 0.15) is 18.1 Å². The zero-order valence-electron chi connectivity index (χ0n) is 11.6. The minimum atomic E-state index is -4.37. The lowest BCUT2D eigenvalue weighted by molar-refractivity contribution is -0.137. The van der Waals surface area contributed by atoms with Gasteiger partial charge < -0.3 is 10.6 Å². The molecule has 0 saturated heterocycles. The molecule has 0 spiro atoms. The Morgan fingerprint density at radius 2 is 1.95 bits per heavy atom. The van der Waals surface area contributed by atoms with Crippen molar-refractivity contribution in [3.05, 3.63) is 41.6 Å². The second kappa shape index (κ2) is 5.99. The number of hydrogen-bond donors (Lipinski definition) is 2. The van der Waals surface area contributed by atoms with E-state index in [-0.39, 0.29) is 0 Å². The molecule has 2 N–H and O–H groups in total. The lowest BCUT2D eigenvalue weighted by Crippen LogP contribution is -2.07. The lowest BCUT2D eigenvalue weighted by atomic mass is 10.1. The van der Waals surface area contributed by atoms with E-state index in [1.54, 1.807) is 13.0 Å². The Hall–Kier alpha value is -2.31. The Labute approximate surface area is 120 Å². The molecule has 0 bridgehead atoms. The first-order valence-electron chi connectivity index (χ1n) is 6.42. The van der Waals surface area contributed by atoms with E-state index in [1.165, 1.54) is 12.3 Å². The fraction of sp³-hybridized carbons (Fsp3) is 0.286. The summed E-state index contributed by atoms with van der Waals surface area (Å²) in [6, 6.07) is 5.16. The molecule has 1 aromatic carbocycles. The van der Waals surface area contributed by atoms with Crippen LogP contribution in [0.4, 0.5) is 30.6 Å². The van der Waals surface area contributed by atoms with Gasteiger partial charge in [-0.15, -0.1) is 0 Å². The number of benzene rings is 1. The lowest BCUT2D eigenvalue weighted by Gasteiger charge is -2.13. The minimum absolute atomic E-state index is 0.367. The molecule has 0 amide bonds. The summed E-state index contributed by atoms with van der Waals surface area (Å²) >= 11 is 0. The highest BCUT2D eigenvalue weighted by atomic mass is 19.4. The van der Waals surface area contributed by atoms with E-state index in [0.29, 0.717) is 29.6 Å². The Balaban J connectivity index is 2.28. The standard InChI is InChI=1S/C14H15F3N4/c1-3-18-13-19-7-6-12(21-13)20-11-8-10(14(15,16)17)5-4-9(11)2/h4-8H,3H2,1-2H3,(H2,18,19,20,21). The first-order chi connectivity index (χ1) is 9.90. The minimum Gasteiger partial charge on any atom is -0.354 e. The van der Waals surface area contributed by atoms with Crippen molar-refractivity contribution in [3.8, 4) is 0 Å².